The molecule has 0 N–H and O–H groups in total. The summed E-state index contributed by atoms with van der Waals surface area (Å²) in [6, 6.07) is 0. The maximum atomic E-state index is 2.12. The van der Waals surface area contributed by atoms with Gasteiger partial charge in [0, 0.05) is 65.4 Å². The summed E-state index contributed by atoms with van der Waals surface area (Å²) in [6.07, 6.45) is 1.25. The van der Waals surface area contributed by atoms with Crippen LogP contribution in [0.15, 0.2) is 0 Å². The molecule has 0 nitrogen and oxygen atoms in total. The van der Waals surface area contributed by atoms with Crippen LogP contribution >= 0.6 is 0 Å². The van der Waals surface area contributed by atoms with Crippen molar-refractivity contribution in [2.75, 3.05) is 0 Å². The Morgan fingerprint density at radius 3 is 1.20 bits per heavy atom. The van der Waals surface area contributed by atoms with Gasteiger partial charge in [0.2, 0.25) is 0 Å². The molecule has 18 valence electrons. The molecule has 0 aliphatic carbocycles. The molecule has 1 aliphatic heterocycles. The van der Waals surface area contributed by atoms with Crippen LogP contribution in [0.3, 0.4) is 0 Å². The fourth-order valence-electron chi connectivity index (χ4n) is 0. The predicted molar refractivity (Wildman–Crippen MR) is 16.3 cm³/mol. The molecule has 5 heavy (non-hydrogen) atoms. The zero-order valence-corrected chi connectivity index (χ0v) is 8.69. The summed E-state index contributed by atoms with van der Waals surface area (Å²) in [7, 11) is 4.25. The third-order valence-corrected chi connectivity index (χ3v) is 0.236. The molecule has 0 aromatic rings. The van der Waals surface area contributed by atoms with Gasteiger partial charge in [-0.05, 0) is 0 Å². The first kappa shape index (κ1) is 10.3. The van der Waals surface area contributed by atoms with Crippen molar-refractivity contribution in [2.45, 2.75) is 6.22 Å². The Kier molecular flexibility index (Phi) is 13.1. The van der Waals surface area contributed by atoms with E-state index >= 15 is 0 Å². The summed E-state index contributed by atoms with van der Waals surface area (Å²) >= 11 is 0. The fraction of sp³-hybridized carbons (Fsp3) is 1.00. The van der Waals surface area contributed by atoms with Crippen LogP contribution in [0.5, 0.6) is 0 Å². The second-order valence-corrected chi connectivity index (χ2v) is 0.707. The van der Waals surface area contributed by atoms with Gasteiger partial charge >= 0.3 is 0 Å². The van der Waals surface area contributed by atoms with Crippen molar-refractivity contribution in [1.29, 1.82) is 0 Å². The van der Waals surface area contributed by atoms with Gasteiger partial charge in [-0.2, -0.15) is 0 Å². The maximum Gasteiger partial charge on any atom is 0.0534 e. The zero-order valence-electron chi connectivity index (χ0n) is 3.02. The van der Waals surface area contributed by atoms with Gasteiger partial charge < -0.3 is 0 Å². The molecule has 0 aromatic carbocycles. The quantitative estimate of drug-likeness (QED) is 0.485. The summed E-state index contributed by atoms with van der Waals surface area (Å²) < 4.78 is 0. The number of rotatable bonds is 0. The van der Waals surface area contributed by atoms with Gasteiger partial charge in [0.15, 0.2) is 0 Å². The first-order chi connectivity index (χ1) is 1.50. The maximum absolute atomic E-state index is 2.12. The van der Waals surface area contributed by atoms with Crippen LogP contribution in [0, 0.1) is 0 Å². The van der Waals surface area contributed by atoms with Crippen LogP contribution in [0.1, 0.15) is 0 Å². The van der Waals surface area contributed by atoms with Crippen LogP contribution in [-0.2, 0) is 65.4 Å². The molecule has 1 heterocycles. The SMILES string of the molecule is [B]1[B]C1.[Y].[Y]. The summed E-state index contributed by atoms with van der Waals surface area (Å²) in [5, 5.41) is 0. The smallest absolute Gasteiger partial charge is 0.0534 e. The van der Waals surface area contributed by atoms with E-state index < -0.39 is 0 Å². The molecule has 0 atom stereocenters. The van der Waals surface area contributed by atoms with Gasteiger partial charge in [-0.1, -0.05) is 0 Å². The van der Waals surface area contributed by atoms with Gasteiger partial charge in [-0.15, -0.1) is 6.22 Å². The van der Waals surface area contributed by atoms with E-state index in [1.807, 2.05) is 0 Å². The summed E-state index contributed by atoms with van der Waals surface area (Å²) in [5.74, 6) is 0. The molecule has 4 radical (unpaired) electrons. The Balaban J connectivity index is 0. The molecular formula is CH2B2Y2. The Bertz CT molecular complexity index is 12.4. The van der Waals surface area contributed by atoms with Crippen LogP contribution in [0.4, 0.5) is 0 Å². The number of hydrogen-bond acceptors (Lipinski definition) is 0. The van der Waals surface area contributed by atoms with E-state index in [1.165, 1.54) is 6.22 Å². The molecule has 0 amide bonds. The normalized spacial score (nSPS) is 11.2. The summed E-state index contributed by atoms with van der Waals surface area (Å²) in [4.78, 5) is 0. The van der Waals surface area contributed by atoms with Crippen molar-refractivity contribution in [3.05, 3.63) is 0 Å². The van der Waals surface area contributed by atoms with Crippen LogP contribution < -0.4 is 0 Å². The van der Waals surface area contributed by atoms with Crippen LogP contribution in [0.2, 0.25) is 6.22 Å². The molecule has 0 spiro atoms. The van der Waals surface area contributed by atoms with Crippen LogP contribution in [-0.4, -0.2) is 14.3 Å². The van der Waals surface area contributed by atoms with Crippen molar-refractivity contribution in [1.82, 2.24) is 0 Å². The molecule has 0 bridgehead atoms. The average Bonchev–Trinajstić information content (AvgIpc) is 1.46. The minimum absolute atomic E-state index is 0. The topological polar surface area (TPSA) is 0 Å². The molecule has 4 heteroatoms. The first-order valence-electron chi connectivity index (χ1n) is 1.15. The Morgan fingerprint density at radius 2 is 1.20 bits per heavy atom. The molecule has 0 saturated carbocycles. The van der Waals surface area contributed by atoms with Crippen LogP contribution in [0.25, 0.3) is 0 Å². The molecule has 1 aliphatic rings. The van der Waals surface area contributed by atoms with Crippen molar-refractivity contribution in [2.24, 2.45) is 0 Å². The number of hydrogen-bond donors (Lipinski definition) is 0. The molecule has 0 aromatic heterocycles. The monoisotopic (exact) mass is 214 g/mol. The Hall–Kier alpha value is 2.34. The third kappa shape index (κ3) is 10.7. The molecule has 1 rings (SSSR count). The Morgan fingerprint density at radius 1 is 1.00 bits per heavy atom. The minimum Gasteiger partial charge on any atom is -0.121 e. The minimum atomic E-state index is 0. The fourth-order valence-corrected chi connectivity index (χ4v) is 0. The molecule has 1 fully saturated rings. The van der Waals surface area contributed by atoms with Gasteiger partial charge in [0.25, 0.3) is 0 Å². The van der Waals surface area contributed by atoms with E-state index in [4.69, 9.17) is 0 Å². The predicted octanol–water partition coefficient (Wildman–Crippen LogP) is -0.306. The molecule has 1 saturated heterocycles. The molecular weight excluding hydrogens is 211 g/mol. The van der Waals surface area contributed by atoms with Gasteiger partial charge in [-0.25, -0.2) is 0 Å². The van der Waals surface area contributed by atoms with E-state index in [0.29, 0.717) is 0 Å². The van der Waals surface area contributed by atoms with E-state index in [2.05, 4.69) is 14.3 Å². The average molecular weight is 213 g/mol. The molecule has 0 unspecified atom stereocenters. The van der Waals surface area contributed by atoms with Crippen molar-refractivity contribution < 1.29 is 65.4 Å². The largest absolute Gasteiger partial charge is 0.121 e. The van der Waals surface area contributed by atoms with E-state index in [9.17, 15) is 0 Å². The second-order valence-electron chi connectivity index (χ2n) is 0.707. The van der Waals surface area contributed by atoms with E-state index in [-0.39, 0.29) is 65.4 Å². The van der Waals surface area contributed by atoms with Gasteiger partial charge in [-0.3, -0.25) is 0 Å². The van der Waals surface area contributed by atoms with E-state index in [1.54, 1.807) is 0 Å². The van der Waals surface area contributed by atoms with Crippen molar-refractivity contribution in [3.8, 4) is 0 Å². The second kappa shape index (κ2) is 6.34. The van der Waals surface area contributed by atoms with Gasteiger partial charge in [0.1, 0.15) is 0 Å². The van der Waals surface area contributed by atoms with Crippen molar-refractivity contribution >= 4 is 14.3 Å². The Labute approximate surface area is 84.5 Å². The standard InChI is InChI=1S/CH2B2.2Y/c1-2-3-1;;/h1H2;;. The van der Waals surface area contributed by atoms with Gasteiger partial charge in [0.05, 0.1) is 14.3 Å². The summed E-state index contributed by atoms with van der Waals surface area (Å²) in [5.41, 5.74) is 0. The zero-order chi connectivity index (χ0) is 2.12. The van der Waals surface area contributed by atoms with E-state index in [0.717, 1.165) is 0 Å². The van der Waals surface area contributed by atoms with Crippen molar-refractivity contribution in [3.63, 3.8) is 0 Å². The summed E-state index contributed by atoms with van der Waals surface area (Å²) in [6.45, 7) is 0. The first-order valence-corrected chi connectivity index (χ1v) is 1.15. The third-order valence-electron chi connectivity index (χ3n) is 0.236.